The van der Waals surface area contributed by atoms with E-state index in [1.807, 2.05) is 69.2 Å². The number of hydrogen-bond acceptors (Lipinski definition) is 8. The van der Waals surface area contributed by atoms with Gasteiger partial charge in [0.15, 0.2) is 10.9 Å². The first-order valence-corrected chi connectivity index (χ1v) is 11.5. The van der Waals surface area contributed by atoms with Crippen molar-refractivity contribution < 1.29 is 9.59 Å². The Bertz CT molecular complexity index is 1160. The van der Waals surface area contributed by atoms with Crippen LogP contribution in [0.1, 0.15) is 18.4 Å². The van der Waals surface area contributed by atoms with E-state index in [4.69, 9.17) is 0 Å². The second-order valence-electron chi connectivity index (χ2n) is 8.18. The molecule has 0 unspecified atom stereocenters. The molecule has 0 saturated heterocycles. The Hall–Kier alpha value is -3.63. The summed E-state index contributed by atoms with van der Waals surface area (Å²) in [6, 6.07) is 7.62. The van der Waals surface area contributed by atoms with E-state index in [9.17, 15) is 9.59 Å². The van der Waals surface area contributed by atoms with Gasteiger partial charge < -0.3 is 20.4 Å². The highest BCUT2D eigenvalue weighted by atomic mass is 32.1. The molecular weight excluding hydrogens is 450 g/mol. The van der Waals surface area contributed by atoms with Crippen LogP contribution in [0.2, 0.25) is 0 Å². The van der Waals surface area contributed by atoms with Gasteiger partial charge in [-0.25, -0.2) is 9.97 Å². The maximum atomic E-state index is 12.8. The number of thiazole rings is 1. The molecule has 9 nitrogen and oxygen atoms in total. The summed E-state index contributed by atoms with van der Waals surface area (Å²) >= 11 is 1.42. The molecule has 0 saturated carbocycles. The number of aromatic nitrogens is 3. The molecule has 10 heteroatoms. The summed E-state index contributed by atoms with van der Waals surface area (Å²) in [6.45, 7) is 2.52. The third-order valence-corrected chi connectivity index (χ3v) is 5.96. The third-order valence-electron chi connectivity index (χ3n) is 4.88. The normalized spacial score (nSPS) is 12.1. The fourth-order valence-corrected chi connectivity index (χ4v) is 3.69. The van der Waals surface area contributed by atoms with Crippen molar-refractivity contribution in [1.82, 2.24) is 19.9 Å². The molecule has 2 N–H and O–H groups in total. The van der Waals surface area contributed by atoms with E-state index in [0.717, 1.165) is 16.1 Å². The average molecular weight is 480 g/mol. The standard InChI is InChI=1S/C24H29N7O2S/c1-16(23(33)29-24-27-15-22(34-24)31(4)5)17-8-6-9-18(12-17)19-13-26-20(14-25-19)28-21(32)10-7-11-30(2)3/h6-10,12-16H,11H2,1-5H3,(H,26,28,32)(H,27,29,33)/b10-7+/t16-/m0/s1. The van der Waals surface area contributed by atoms with E-state index in [2.05, 4.69) is 25.6 Å². The van der Waals surface area contributed by atoms with Crippen LogP contribution in [0.5, 0.6) is 0 Å². The van der Waals surface area contributed by atoms with Gasteiger partial charge in [0.05, 0.1) is 30.2 Å². The zero-order chi connectivity index (χ0) is 24.7. The number of likely N-dealkylation sites (N-methyl/N-ethyl adjacent to an activating group) is 1. The fourth-order valence-electron chi connectivity index (χ4n) is 2.94. The van der Waals surface area contributed by atoms with E-state index >= 15 is 0 Å². The van der Waals surface area contributed by atoms with Gasteiger partial charge >= 0.3 is 0 Å². The molecule has 1 aromatic carbocycles. The molecule has 1 atom stereocenters. The Morgan fingerprint density at radius 3 is 2.50 bits per heavy atom. The number of nitrogens with one attached hydrogen (secondary N) is 2. The van der Waals surface area contributed by atoms with Gasteiger partial charge in [0, 0.05) is 32.3 Å². The maximum absolute atomic E-state index is 12.8. The van der Waals surface area contributed by atoms with E-state index < -0.39 is 0 Å². The van der Waals surface area contributed by atoms with Gasteiger partial charge in [0.2, 0.25) is 11.8 Å². The molecule has 0 aliphatic carbocycles. The highest BCUT2D eigenvalue weighted by molar-refractivity contribution is 7.19. The molecule has 178 valence electrons. The lowest BCUT2D eigenvalue weighted by Crippen LogP contribution is -2.18. The number of benzene rings is 1. The first-order valence-electron chi connectivity index (χ1n) is 10.7. The molecule has 34 heavy (non-hydrogen) atoms. The summed E-state index contributed by atoms with van der Waals surface area (Å²) in [5, 5.41) is 7.11. The van der Waals surface area contributed by atoms with Crippen LogP contribution < -0.4 is 15.5 Å². The van der Waals surface area contributed by atoms with Gasteiger partial charge in [0.1, 0.15) is 5.00 Å². The van der Waals surface area contributed by atoms with Crippen LogP contribution in [0.3, 0.4) is 0 Å². The predicted molar refractivity (Wildman–Crippen MR) is 137 cm³/mol. The van der Waals surface area contributed by atoms with Crippen LogP contribution in [0.25, 0.3) is 11.3 Å². The molecule has 0 radical (unpaired) electrons. The van der Waals surface area contributed by atoms with Crippen LogP contribution in [-0.2, 0) is 9.59 Å². The third kappa shape index (κ3) is 6.93. The Kier molecular flexibility index (Phi) is 8.44. The van der Waals surface area contributed by atoms with Gasteiger partial charge in [0.25, 0.3) is 0 Å². The van der Waals surface area contributed by atoms with Gasteiger partial charge in [-0.1, -0.05) is 35.6 Å². The largest absolute Gasteiger partial charge is 0.368 e. The second-order valence-corrected chi connectivity index (χ2v) is 9.18. The Balaban J connectivity index is 1.65. The number of anilines is 3. The molecule has 2 amide bonds. The van der Waals surface area contributed by atoms with Gasteiger partial charge in [-0.05, 0) is 32.6 Å². The number of carbonyl (C=O) groups excluding carboxylic acids is 2. The van der Waals surface area contributed by atoms with Crippen molar-refractivity contribution in [3.63, 3.8) is 0 Å². The predicted octanol–water partition coefficient (Wildman–Crippen LogP) is 3.46. The number of rotatable bonds is 9. The first-order chi connectivity index (χ1) is 16.2. The Morgan fingerprint density at radius 1 is 1.06 bits per heavy atom. The minimum absolute atomic E-state index is 0.136. The highest BCUT2D eigenvalue weighted by Crippen LogP contribution is 2.28. The minimum atomic E-state index is -0.382. The van der Waals surface area contributed by atoms with Crippen molar-refractivity contribution in [2.45, 2.75) is 12.8 Å². The van der Waals surface area contributed by atoms with Gasteiger partial charge in [-0.3, -0.25) is 14.6 Å². The quantitative estimate of drug-likeness (QED) is 0.453. The van der Waals surface area contributed by atoms with Crippen LogP contribution in [-0.4, -0.2) is 66.4 Å². The van der Waals surface area contributed by atoms with Crippen molar-refractivity contribution in [2.24, 2.45) is 0 Å². The van der Waals surface area contributed by atoms with E-state index in [1.165, 1.54) is 23.6 Å². The van der Waals surface area contributed by atoms with Crippen LogP contribution >= 0.6 is 11.3 Å². The summed E-state index contributed by atoms with van der Waals surface area (Å²) in [4.78, 5) is 41.6. The minimum Gasteiger partial charge on any atom is -0.368 e. The zero-order valence-electron chi connectivity index (χ0n) is 19.9. The van der Waals surface area contributed by atoms with E-state index in [0.29, 0.717) is 23.2 Å². The Labute approximate surface area is 203 Å². The van der Waals surface area contributed by atoms with Gasteiger partial charge in [-0.15, -0.1) is 0 Å². The Morgan fingerprint density at radius 2 is 1.85 bits per heavy atom. The molecule has 3 rings (SSSR count). The number of carbonyl (C=O) groups is 2. The summed E-state index contributed by atoms with van der Waals surface area (Å²) in [5.74, 6) is -0.410. The van der Waals surface area contributed by atoms with Crippen molar-refractivity contribution in [1.29, 1.82) is 0 Å². The topological polar surface area (TPSA) is 103 Å². The van der Waals surface area contributed by atoms with Gasteiger partial charge in [-0.2, -0.15) is 0 Å². The van der Waals surface area contributed by atoms with E-state index in [-0.39, 0.29) is 17.7 Å². The molecular formula is C24H29N7O2S. The van der Waals surface area contributed by atoms with Crippen LogP contribution in [0, 0.1) is 0 Å². The lowest BCUT2D eigenvalue weighted by molar-refractivity contribution is -0.117. The molecule has 2 aromatic heterocycles. The lowest BCUT2D eigenvalue weighted by atomic mass is 9.97. The summed E-state index contributed by atoms with van der Waals surface area (Å²) in [6.07, 6.45) is 8.09. The highest BCUT2D eigenvalue weighted by Gasteiger charge is 2.18. The summed E-state index contributed by atoms with van der Waals surface area (Å²) < 4.78 is 0. The van der Waals surface area contributed by atoms with Crippen molar-refractivity contribution in [3.05, 3.63) is 60.6 Å². The summed E-state index contributed by atoms with van der Waals surface area (Å²) in [5.41, 5.74) is 2.33. The average Bonchev–Trinajstić information content (AvgIpc) is 3.28. The molecule has 0 aliphatic rings. The maximum Gasteiger partial charge on any atom is 0.249 e. The molecule has 0 bridgehead atoms. The smallest absolute Gasteiger partial charge is 0.249 e. The number of nitrogens with zero attached hydrogens (tertiary/aromatic N) is 5. The van der Waals surface area contributed by atoms with Crippen molar-refractivity contribution in [3.8, 4) is 11.3 Å². The number of hydrogen-bond donors (Lipinski definition) is 2. The summed E-state index contributed by atoms with van der Waals surface area (Å²) in [7, 11) is 7.72. The van der Waals surface area contributed by atoms with Crippen molar-refractivity contribution >= 4 is 39.1 Å². The van der Waals surface area contributed by atoms with Crippen LogP contribution in [0.15, 0.2) is 55.0 Å². The molecule has 0 spiro atoms. The van der Waals surface area contributed by atoms with Crippen LogP contribution in [0.4, 0.5) is 16.0 Å². The lowest BCUT2D eigenvalue weighted by Gasteiger charge is -2.13. The van der Waals surface area contributed by atoms with Crippen molar-refractivity contribution in [2.75, 3.05) is 50.3 Å². The SMILES string of the molecule is C[C@H](C(=O)Nc1ncc(N(C)C)s1)c1cccc(-c2cnc(NC(=O)/C=C/CN(C)C)cn2)c1. The second kappa shape index (κ2) is 11.5. The van der Waals surface area contributed by atoms with E-state index in [1.54, 1.807) is 18.5 Å². The first kappa shape index (κ1) is 25.0. The number of amides is 2. The zero-order valence-corrected chi connectivity index (χ0v) is 20.8. The fraction of sp³-hybridized carbons (Fsp3) is 0.292. The molecule has 0 fully saturated rings. The monoisotopic (exact) mass is 479 g/mol. The molecule has 0 aliphatic heterocycles. The molecule has 3 aromatic rings. The molecule has 2 heterocycles.